The molecule has 6 rings (SSSR count). The standard InChI is InChI=1S/C25H19ClN2/c26-19-11-5-3-9-17(19)24-23-18-10-4-6-12-20(18)27-25(23)22-16-8-2-1-7-15(16)13-14-21(22)28-24/h1-14,23-25,27-28H/t23-,24-,25+/m1/s1. The van der Waals surface area contributed by atoms with Crippen molar-refractivity contribution in [1.29, 1.82) is 0 Å². The number of hydrogen-bond donors (Lipinski definition) is 2. The molecule has 0 fully saturated rings. The predicted molar refractivity (Wildman–Crippen MR) is 117 cm³/mol. The Morgan fingerprint density at radius 3 is 2.21 bits per heavy atom. The van der Waals surface area contributed by atoms with Gasteiger partial charge in [0.15, 0.2) is 0 Å². The van der Waals surface area contributed by atoms with Gasteiger partial charge in [-0.05, 0) is 40.1 Å². The van der Waals surface area contributed by atoms with E-state index < -0.39 is 0 Å². The van der Waals surface area contributed by atoms with Gasteiger partial charge in [0.05, 0.1) is 12.1 Å². The molecule has 0 saturated heterocycles. The maximum Gasteiger partial charge on any atom is 0.0632 e. The van der Waals surface area contributed by atoms with Gasteiger partial charge in [-0.3, -0.25) is 0 Å². The van der Waals surface area contributed by atoms with Crippen molar-refractivity contribution in [2.24, 2.45) is 0 Å². The van der Waals surface area contributed by atoms with Gasteiger partial charge in [-0.2, -0.15) is 0 Å². The molecule has 0 unspecified atom stereocenters. The zero-order chi connectivity index (χ0) is 18.7. The monoisotopic (exact) mass is 382 g/mol. The van der Waals surface area contributed by atoms with Gasteiger partial charge >= 0.3 is 0 Å². The van der Waals surface area contributed by atoms with Gasteiger partial charge in [-0.15, -0.1) is 0 Å². The summed E-state index contributed by atoms with van der Waals surface area (Å²) in [4.78, 5) is 0. The van der Waals surface area contributed by atoms with Crippen molar-refractivity contribution in [2.45, 2.75) is 18.0 Å². The van der Waals surface area contributed by atoms with Gasteiger partial charge in [-0.25, -0.2) is 0 Å². The zero-order valence-electron chi connectivity index (χ0n) is 15.2. The van der Waals surface area contributed by atoms with Crippen LogP contribution in [0.2, 0.25) is 5.02 Å². The molecule has 28 heavy (non-hydrogen) atoms. The number of para-hydroxylation sites is 1. The van der Waals surface area contributed by atoms with Crippen LogP contribution in [-0.4, -0.2) is 0 Å². The van der Waals surface area contributed by atoms with Crippen molar-refractivity contribution in [3.8, 4) is 0 Å². The summed E-state index contributed by atoms with van der Waals surface area (Å²) in [7, 11) is 0. The van der Waals surface area contributed by atoms with Crippen LogP contribution in [0.3, 0.4) is 0 Å². The number of rotatable bonds is 1. The molecule has 2 N–H and O–H groups in total. The molecule has 0 saturated carbocycles. The highest BCUT2D eigenvalue weighted by Crippen LogP contribution is 2.57. The molecular weight excluding hydrogens is 364 g/mol. The average Bonchev–Trinajstić information content (AvgIpc) is 3.13. The van der Waals surface area contributed by atoms with Crippen LogP contribution in [0.25, 0.3) is 10.8 Å². The molecule has 0 amide bonds. The van der Waals surface area contributed by atoms with E-state index >= 15 is 0 Å². The van der Waals surface area contributed by atoms with E-state index in [-0.39, 0.29) is 18.0 Å². The SMILES string of the molecule is Clc1ccccc1[C@H]1Nc2ccc3ccccc3c2[C@@H]2Nc3ccccc3[C@H]12. The fourth-order valence-electron chi connectivity index (χ4n) is 4.99. The van der Waals surface area contributed by atoms with Gasteiger partial charge in [0.25, 0.3) is 0 Å². The van der Waals surface area contributed by atoms with Crippen LogP contribution in [0.15, 0.2) is 84.9 Å². The third kappa shape index (κ3) is 2.22. The highest BCUT2D eigenvalue weighted by molar-refractivity contribution is 6.31. The summed E-state index contributed by atoms with van der Waals surface area (Å²) in [6, 6.07) is 30.2. The molecule has 3 heteroatoms. The van der Waals surface area contributed by atoms with Crippen molar-refractivity contribution in [3.63, 3.8) is 0 Å². The van der Waals surface area contributed by atoms with Crippen molar-refractivity contribution in [2.75, 3.05) is 10.6 Å². The fourth-order valence-corrected chi connectivity index (χ4v) is 5.25. The zero-order valence-corrected chi connectivity index (χ0v) is 15.9. The van der Waals surface area contributed by atoms with Crippen LogP contribution in [0.4, 0.5) is 11.4 Å². The first-order chi connectivity index (χ1) is 13.8. The fraction of sp³-hybridized carbons (Fsp3) is 0.120. The first-order valence-corrected chi connectivity index (χ1v) is 10.1. The predicted octanol–water partition coefficient (Wildman–Crippen LogP) is 6.91. The summed E-state index contributed by atoms with van der Waals surface area (Å²) in [5.74, 6) is 0.273. The molecule has 0 aliphatic carbocycles. The Labute approximate surface area is 169 Å². The summed E-state index contributed by atoms with van der Waals surface area (Å²) in [6.07, 6.45) is 0. The molecular formula is C25H19ClN2. The lowest BCUT2D eigenvalue weighted by Gasteiger charge is -2.38. The molecule has 2 heterocycles. The van der Waals surface area contributed by atoms with E-state index in [0.717, 1.165) is 10.6 Å². The lowest BCUT2D eigenvalue weighted by Crippen LogP contribution is -2.30. The second-order valence-corrected chi connectivity index (χ2v) is 8.03. The molecule has 0 spiro atoms. The van der Waals surface area contributed by atoms with E-state index in [4.69, 9.17) is 11.6 Å². The normalized spacial score (nSPS) is 22.0. The average molecular weight is 383 g/mol. The Morgan fingerprint density at radius 1 is 0.607 bits per heavy atom. The van der Waals surface area contributed by atoms with Gasteiger partial charge in [0, 0.05) is 27.9 Å². The van der Waals surface area contributed by atoms with Crippen LogP contribution in [0.5, 0.6) is 0 Å². The van der Waals surface area contributed by atoms with E-state index in [2.05, 4.69) is 83.4 Å². The molecule has 0 radical (unpaired) electrons. The second kappa shape index (κ2) is 6.02. The molecule has 2 nitrogen and oxygen atoms in total. The minimum Gasteiger partial charge on any atom is -0.377 e. The molecule has 0 aromatic heterocycles. The van der Waals surface area contributed by atoms with Crippen LogP contribution >= 0.6 is 11.6 Å². The molecule has 136 valence electrons. The molecule has 3 atom stereocenters. The van der Waals surface area contributed by atoms with Gasteiger partial charge in [0.1, 0.15) is 0 Å². The highest BCUT2D eigenvalue weighted by atomic mass is 35.5. The number of halogens is 1. The number of fused-ring (bicyclic) bond motifs is 7. The van der Waals surface area contributed by atoms with Crippen molar-refractivity contribution in [3.05, 3.63) is 107 Å². The number of hydrogen-bond acceptors (Lipinski definition) is 2. The van der Waals surface area contributed by atoms with Crippen LogP contribution in [0.1, 0.15) is 34.7 Å². The van der Waals surface area contributed by atoms with Crippen LogP contribution in [-0.2, 0) is 0 Å². The third-order valence-electron chi connectivity index (χ3n) is 6.18. The smallest absolute Gasteiger partial charge is 0.0632 e. The van der Waals surface area contributed by atoms with Crippen molar-refractivity contribution < 1.29 is 0 Å². The van der Waals surface area contributed by atoms with E-state index in [1.807, 2.05) is 12.1 Å². The maximum atomic E-state index is 6.64. The maximum absolute atomic E-state index is 6.64. The van der Waals surface area contributed by atoms with E-state index in [9.17, 15) is 0 Å². The summed E-state index contributed by atoms with van der Waals surface area (Å²) in [6.45, 7) is 0. The molecule has 4 aromatic carbocycles. The minimum atomic E-state index is 0.114. The second-order valence-electron chi connectivity index (χ2n) is 7.63. The van der Waals surface area contributed by atoms with Gasteiger partial charge < -0.3 is 10.6 Å². The van der Waals surface area contributed by atoms with E-state index in [1.165, 1.54) is 33.3 Å². The van der Waals surface area contributed by atoms with Crippen LogP contribution in [0, 0.1) is 0 Å². The minimum absolute atomic E-state index is 0.114. The largest absolute Gasteiger partial charge is 0.377 e. The third-order valence-corrected chi connectivity index (χ3v) is 6.53. The Bertz CT molecular complexity index is 1220. The van der Waals surface area contributed by atoms with E-state index in [0.29, 0.717) is 0 Å². The Balaban J connectivity index is 1.62. The first-order valence-electron chi connectivity index (χ1n) is 9.69. The Morgan fingerprint density at radius 2 is 1.32 bits per heavy atom. The van der Waals surface area contributed by atoms with Crippen molar-refractivity contribution >= 4 is 33.7 Å². The quantitative estimate of drug-likeness (QED) is 0.373. The van der Waals surface area contributed by atoms with Gasteiger partial charge in [0.2, 0.25) is 0 Å². The lowest BCUT2D eigenvalue weighted by atomic mass is 9.77. The summed E-state index contributed by atoms with van der Waals surface area (Å²) in [5.41, 5.74) is 6.25. The van der Waals surface area contributed by atoms with Crippen LogP contribution < -0.4 is 10.6 Å². The summed E-state index contributed by atoms with van der Waals surface area (Å²) < 4.78 is 0. The Kier molecular flexibility index (Phi) is 3.44. The topological polar surface area (TPSA) is 24.1 Å². The first kappa shape index (κ1) is 16.0. The Hall–Kier alpha value is -2.97. The molecule has 0 bridgehead atoms. The highest BCUT2D eigenvalue weighted by Gasteiger charge is 2.44. The molecule has 2 aliphatic heterocycles. The molecule has 2 aliphatic rings. The summed E-state index contributed by atoms with van der Waals surface area (Å²) >= 11 is 6.64. The van der Waals surface area contributed by atoms with Crippen molar-refractivity contribution in [1.82, 2.24) is 0 Å². The number of anilines is 2. The summed E-state index contributed by atoms with van der Waals surface area (Å²) in [5, 5.41) is 11.0. The van der Waals surface area contributed by atoms with Gasteiger partial charge in [-0.1, -0.05) is 78.3 Å². The molecule has 4 aromatic rings. The number of nitrogens with one attached hydrogen (secondary N) is 2. The van der Waals surface area contributed by atoms with E-state index in [1.54, 1.807) is 0 Å². The lowest BCUT2D eigenvalue weighted by molar-refractivity contribution is 0.523. The number of benzene rings is 4.